The van der Waals surface area contributed by atoms with Crippen LogP contribution in [0.1, 0.15) is 29.3 Å². The lowest BCUT2D eigenvalue weighted by Crippen LogP contribution is -2.48. The molecule has 36 heavy (non-hydrogen) atoms. The van der Waals surface area contributed by atoms with Crippen molar-refractivity contribution in [2.75, 3.05) is 45.3 Å². The van der Waals surface area contributed by atoms with Crippen molar-refractivity contribution in [1.82, 2.24) is 4.90 Å². The number of fused-ring (bicyclic) bond motifs is 1. The van der Waals surface area contributed by atoms with Crippen LogP contribution in [0.2, 0.25) is 0 Å². The Morgan fingerprint density at radius 2 is 1.53 bits per heavy atom. The fraction of sp³-hybridized carbons (Fsp3) is 0.281. The van der Waals surface area contributed by atoms with Gasteiger partial charge in [0.1, 0.15) is 5.54 Å². The highest BCUT2D eigenvalue weighted by Crippen LogP contribution is 2.44. The number of carbonyl (C=O) groups is 1. The third-order valence-corrected chi connectivity index (χ3v) is 7.58. The SMILES string of the molecule is CCC(C(=O)c1ccc(N2CCOCC2)cc1)(c1c(-c2ccccc2)ccc2ccccc12)N(C)C. The quantitative estimate of drug-likeness (QED) is 0.288. The maximum atomic E-state index is 14.6. The van der Waals surface area contributed by atoms with E-state index in [2.05, 4.69) is 89.5 Å². The van der Waals surface area contributed by atoms with Crippen molar-refractivity contribution in [3.8, 4) is 11.1 Å². The number of morpholine rings is 1. The smallest absolute Gasteiger partial charge is 0.187 e. The number of hydrogen-bond acceptors (Lipinski definition) is 4. The van der Waals surface area contributed by atoms with Crippen molar-refractivity contribution in [2.45, 2.75) is 18.9 Å². The molecule has 184 valence electrons. The lowest BCUT2D eigenvalue weighted by atomic mass is 9.74. The van der Waals surface area contributed by atoms with Gasteiger partial charge in [-0.2, -0.15) is 0 Å². The molecule has 4 nitrogen and oxygen atoms in total. The molecule has 1 fully saturated rings. The van der Waals surface area contributed by atoms with E-state index in [4.69, 9.17) is 4.74 Å². The molecular formula is C32H34N2O2. The molecule has 0 saturated carbocycles. The predicted octanol–water partition coefficient (Wildman–Crippen LogP) is 6.39. The van der Waals surface area contributed by atoms with Gasteiger partial charge in [-0.25, -0.2) is 0 Å². The van der Waals surface area contributed by atoms with Crippen LogP contribution in [0.5, 0.6) is 0 Å². The first-order valence-corrected chi connectivity index (χ1v) is 12.8. The summed E-state index contributed by atoms with van der Waals surface area (Å²) in [7, 11) is 4.06. The molecule has 1 aliphatic heterocycles. The molecule has 0 spiro atoms. The zero-order valence-corrected chi connectivity index (χ0v) is 21.4. The second kappa shape index (κ2) is 10.3. The lowest BCUT2D eigenvalue weighted by Gasteiger charge is -2.40. The molecule has 0 bridgehead atoms. The van der Waals surface area contributed by atoms with Crippen LogP contribution in [-0.2, 0) is 10.3 Å². The number of ketones is 1. The molecule has 5 rings (SSSR count). The topological polar surface area (TPSA) is 32.8 Å². The van der Waals surface area contributed by atoms with Gasteiger partial charge in [0, 0.05) is 24.3 Å². The molecule has 4 aromatic carbocycles. The van der Waals surface area contributed by atoms with Crippen LogP contribution in [0, 0.1) is 0 Å². The number of Topliss-reactive ketones (excluding diaryl/α,β-unsaturated/α-hetero) is 1. The number of benzene rings is 4. The zero-order chi connectivity index (χ0) is 25.1. The van der Waals surface area contributed by atoms with Crippen molar-refractivity contribution >= 4 is 22.2 Å². The minimum Gasteiger partial charge on any atom is -0.378 e. The van der Waals surface area contributed by atoms with Crippen LogP contribution < -0.4 is 4.90 Å². The summed E-state index contributed by atoms with van der Waals surface area (Å²) in [5, 5.41) is 2.26. The normalized spacial score (nSPS) is 15.7. The van der Waals surface area contributed by atoms with Crippen molar-refractivity contribution in [3.63, 3.8) is 0 Å². The van der Waals surface area contributed by atoms with Crippen molar-refractivity contribution < 1.29 is 9.53 Å². The van der Waals surface area contributed by atoms with Gasteiger partial charge in [-0.1, -0.05) is 73.7 Å². The number of rotatable bonds is 7. The molecule has 1 unspecified atom stereocenters. The summed E-state index contributed by atoms with van der Waals surface area (Å²) in [4.78, 5) is 19.0. The first kappa shape index (κ1) is 24.2. The van der Waals surface area contributed by atoms with Crippen molar-refractivity contribution in [2.24, 2.45) is 0 Å². The van der Waals surface area contributed by atoms with Gasteiger partial charge in [-0.15, -0.1) is 0 Å². The molecule has 0 aliphatic carbocycles. The van der Waals surface area contributed by atoms with Crippen LogP contribution in [0.3, 0.4) is 0 Å². The van der Waals surface area contributed by atoms with Gasteiger partial charge in [0.05, 0.1) is 13.2 Å². The Kier molecular flexibility index (Phi) is 6.90. The highest BCUT2D eigenvalue weighted by Gasteiger charge is 2.44. The first-order chi connectivity index (χ1) is 17.6. The van der Waals surface area contributed by atoms with Gasteiger partial charge in [-0.05, 0) is 72.2 Å². The number of carbonyl (C=O) groups excluding carboxylic acids is 1. The Hall–Kier alpha value is -3.47. The minimum absolute atomic E-state index is 0.122. The summed E-state index contributed by atoms with van der Waals surface area (Å²) in [6, 6.07) is 31.3. The van der Waals surface area contributed by atoms with Crippen LogP contribution in [0.4, 0.5) is 5.69 Å². The third kappa shape index (κ3) is 4.21. The molecule has 1 heterocycles. The maximum Gasteiger partial charge on any atom is 0.187 e. The number of likely N-dealkylation sites (N-methyl/N-ethyl adjacent to an activating group) is 1. The first-order valence-electron chi connectivity index (χ1n) is 12.8. The largest absolute Gasteiger partial charge is 0.378 e. The monoisotopic (exact) mass is 478 g/mol. The zero-order valence-electron chi connectivity index (χ0n) is 21.4. The number of anilines is 1. The summed E-state index contributed by atoms with van der Waals surface area (Å²) >= 11 is 0. The lowest BCUT2D eigenvalue weighted by molar-refractivity contribution is 0.0665. The summed E-state index contributed by atoms with van der Waals surface area (Å²) in [6.07, 6.45) is 0.651. The summed E-state index contributed by atoms with van der Waals surface area (Å²) in [6.45, 7) is 5.35. The third-order valence-electron chi connectivity index (χ3n) is 7.58. The van der Waals surface area contributed by atoms with E-state index in [1.807, 2.05) is 32.3 Å². The van der Waals surface area contributed by atoms with E-state index < -0.39 is 5.54 Å². The number of hydrogen-bond donors (Lipinski definition) is 0. The van der Waals surface area contributed by atoms with Crippen LogP contribution >= 0.6 is 0 Å². The predicted molar refractivity (Wildman–Crippen MR) is 149 cm³/mol. The number of ether oxygens (including phenoxy) is 1. The Morgan fingerprint density at radius 3 is 2.19 bits per heavy atom. The molecule has 0 amide bonds. The van der Waals surface area contributed by atoms with Gasteiger partial charge in [0.15, 0.2) is 5.78 Å². The Balaban J connectivity index is 1.68. The van der Waals surface area contributed by atoms with E-state index in [1.54, 1.807) is 0 Å². The van der Waals surface area contributed by atoms with Crippen LogP contribution in [-0.4, -0.2) is 51.1 Å². The molecule has 0 N–H and O–H groups in total. The average Bonchev–Trinajstić information content (AvgIpc) is 2.94. The molecule has 1 saturated heterocycles. The van der Waals surface area contributed by atoms with E-state index >= 15 is 0 Å². The fourth-order valence-electron chi connectivity index (χ4n) is 5.65. The van der Waals surface area contributed by atoms with Crippen LogP contribution in [0.15, 0.2) is 91.0 Å². The van der Waals surface area contributed by atoms with E-state index in [-0.39, 0.29) is 5.78 Å². The fourth-order valence-corrected chi connectivity index (χ4v) is 5.65. The van der Waals surface area contributed by atoms with Gasteiger partial charge in [-0.3, -0.25) is 9.69 Å². The standard InChI is InChI=1S/C32H34N2O2/c1-4-32(33(2)3,31(35)26-14-17-27(18-15-26)34-20-22-36-23-21-34)30-28-13-9-8-12-25(28)16-19-29(30)24-10-6-5-7-11-24/h5-19H,4,20-23H2,1-3H3. The minimum atomic E-state index is -0.827. The molecule has 0 radical (unpaired) electrons. The second-order valence-corrected chi connectivity index (χ2v) is 9.66. The second-order valence-electron chi connectivity index (χ2n) is 9.66. The Labute approximate surface area is 214 Å². The van der Waals surface area contributed by atoms with Gasteiger partial charge in [0.25, 0.3) is 0 Å². The Bertz CT molecular complexity index is 1340. The van der Waals surface area contributed by atoms with E-state index in [9.17, 15) is 4.79 Å². The van der Waals surface area contributed by atoms with E-state index in [1.165, 1.54) is 0 Å². The molecule has 1 aliphatic rings. The Morgan fingerprint density at radius 1 is 0.861 bits per heavy atom. The molecule has 4 heteroatoms. The molecule has 0 aromatic heterocycles. The maximum absolute atomic E-state index is 14.6. The molecule has 1 atom stereocenters. The van der Waals surface area contributed by atoms with Gasteiger partial charge < -0.3 is 9.64 Å². The summed E-state index contributed by atoms with van der Waals surface area (Å²) < 4.78 is 5.50. The molecule has 4 aromatic rings. The molecular weight excluding hydrogens is 444 g/mol. The highest BCUT2D eigenvalue weighted by molar-refractivity contribution is 6.08. The van der Waals surface area contributed by atoms with E-state index in [0.29, 0.717) is 6.42 Å². The van der Waals surface area contributed by atoms with Gasteiger partial charge >= 0.3 is 0 Å². The highest BCUT2D eigenvalue weighted by atomic mass is 16.5. The summed E-state index contributed by atoms with van der Waals surface area (Å²) in [5.74, 6) is 0.122. The van der Waals surface area contributed by atoms with Crippen molar-refractivity contribution in [1.29, 1.82) is 0 Å². The van der Waals surface area contributed by atoms with E-state index in [0.717, 1.165) is 65.0 Å². The van der Waals surface area contributed by atoms with Crippen LogP contribution in [0.25, 0.3) is 21.9 Å². The van der Waals surface area contributed by atoms with Crippen molar-refractivity contribution in [3.05, 3.63) is 102 Å². The summed E-state index contributed by atoms with van der Waals surface area (Å²) in [5.41, 5.74) is 4.33. The number of nitrogens with zero attached hydrogens (tertiary/aromatic N) is 2. The average molecular weight is 479 g/mol. The van der Waals surface area contributed by atoms with Gasteiger partial charge in [0.2, 0.25) is 0 Å².